The van der Waals surface area contributed by atoms with Gasteiger partial charge in [-0.05, 0) is 36.6 Å². The second-order valence-electron chi connectivity index (χ2n) is 6.66. The van der Waals surface area contributed by atoms with E-state index in [1.54, 1.807) is 6.26 Å². The molecule has 0 saturated carbocycles. The van der Waals surface area contributed by atoms with Crippen molar-refractivity contribution in [2.24, 2.45) is 0 Å². The number of hydrogen-bond acceptors (Lipinski definition) is 4. The molecule has 2 atom stereocenters. The fourth-order valence-electron chi connectivity index (χ4n) is 3.07. The molecular weight excluding hydrogens is 352 g/mol. The van der Waals surface area contributed by atoms with Crippen LogP contribution < -0.4 is 10.6 Å². The van der Waals surface area contributed by atoms with Crippen LogP contribution in [-0.4, -0.2) is 24.3 Å². The summed E-state index contributed by atoms with van der Waals surface area (Å²) < 4.78 is 5.53. The summed E-state index contributed by atoms with van der Waals surface area (Å²) >= 11 is 0. The molecule has 2 aromatic carbocycles. The number of amides is 1. The first-order chi connectivity index (χ1) is 13.6. The van der Waals surface area contributed by atoms with Crippen molar-refractivity contribution in [3.05, 3.63) is 95.9 Å². The number of furan rings is 1. The molecule has 0 saturated heterocycles. The van der Waals surface area contributed by atoms with Gasteiger partial charge in [0.2, 0.25) is 5.91 Å². The van der Waals surface area contributed by atoms with E-state index >= 15 is 0 Å². The van der Waals surface area contributed by atoms with Crippen molar-refractivity contribution < 1.29 is 14.0 Å². The smallest absolute Gasteiger partial charge is 0.234 e. The van der Waals surface area contributed by atoms with Gasteiger partial charge < -0.3 is 9.73 Å². The molecule has 0 aliphatic carbocycles. The summed E-state index contributed by atoms with van der Waals surface area (Å²) in [4.78, 5) is 24.5. The van der Waals surface area contributed by atoms with Gasteiger partial charge in [0.1, 0.15) is 5.76 Å². The molecule has 3 aromatic rings. The quantitative estimate of drug-likeness (QED) is 0.601. The van der Waals surface area contributed by atoms with Crippen molar-refractivity contribution in [3.63, 3.8) is 0 Å². The van der Waals surface area contributed by atoms with Crippen LogP contribution in [0.4, 0.5) is 0 Å². The number of ketones is 1. The lowest BCUT2D eigenvalue weighted by Gasteiger charge is -2.19. The van der Waals surface area contributed by atoms with E-state index in [2.05, 4.69) is 10.6 Å². The summed E-state index contributed by atoms with van der Waals surface area (Å²) in [7, 11) is 0. The van der Waals surface area contributed by atoms with Crippen LogP contribution in [0.2, 0.25) is 0 Å². The topological polar surface area (TPSA) is 71.3 Å². The molecule has 0 aliphatic heterocycles. The first kappa shape index (κ1) is 19.6. The predicted molar refractivity (Wildman–Crippen MR) is 108 cm³/mol. The van der Waals surface area contributed by atoms with E-state index in [0.717, 1.165) is 16.9 Å². The summed E-state index contributed by atoms with van der Waals surface area (Å²) in [6, 6.07) is 22.3. The van der Waals surface area contributed by atoms with Gasteiger partial charge in [-0.25, -0.2) is 0 Å². The zero-order valence-electron chi connectivity index (χ0n) is 15.8. The number of carbonyl (C=O) groups excluding carboxylic acids is 2. The molecule has 1 aromatic heterocycles. The minimum atomic E-state index is -0.546. The standard InChI is InChI=1S/C23H24N2O3/c1-17(26)20(15-18-9-4-2-5-10-18)25-22(27)16-24-23(21-13-8-14-28-21)19-11-6-3-7-12-19/h2-14,20,23-24H,15-16H2,1H3,(H,25,27)/t20-,23-/m0/s1. The molecule has 0 spiro atoms. The van der Waals surface area contributed by atoms with Crippen molar-refractivity contribution in [1.29, 1.82) is 0 Å². The van der Waals surface area contributed by atoms with Crippen LogP contribution in [0.5, 0.6) is 0 Å². The number of benzene rings is 2. The highest BCUT2D eigenvalue weighted by Crippen LogP contribution is 2.21. The number of rotatable bonds is 9. The molecule has 0 unspecified atom stereocenters. The third-order valence-electron chi connectivity index (χ3n) is 4.54. The Labute approximate surface area is 164 Å². The summed E-state index contributed by atoms with van der Waals surface area (Å²) in [5.41, 5.74) is 2.01. The summed E-state index contributed by atoms with van der Waals surface area (Å²) in [5.74, 6) is 0.429. The van der Waals surface area contributed by atoms with E-state index in [9.17, 15) is 9.59 Å². The van der Waals surface area contributed by atoms with E-state index in [4.69, 9.17) is 4.42 Å². The average Bonchev–Trinajstić information content (AvgIpc) is 3.24. The van der Waals surface area contributed by atoms with Crippen LogP contribution in [0.15, 0.2) is 83.5 Å². The molecule has 3 rings (SSSR count). The second-order valence-corrected chi connectivity index (χ2v) is 6.66. The molecule has 28 heavy (non-hydrogen) atoms. The fraction of sp³-hybridized carbons (Fsp3) is 0.217. The third kappa shape index (κ3) is 5.41. The maximum absolute atomic E-state index is 12.5. The largest absolute Gasteiger partial charge is 0.467 e. The summed E-state index contributed by atoms with van der Waals surface area (Å²) in [6.07, 6.45) is 2.08. The number of carbonyl (C=O) groups is 2. The van der Waals surface area contributed by atoms with Gasteiger partial charge in [0, 0.05) is 0 Å². The Morgan fingerprint density at radius 1 is 0.929 bits per heavy atom. The third-order valence-corrected chi connectivity index (χ3v) is 4.54. The van der Waals surface area contributed by atoms with Gasteiger partial charge in [-0.15, -0.1) is 0 Å². The van der Waals surface area contributed by atoms with Crippen molar-refractivity contribution in [2.75, 3.05) is 6.54 Å². The lowest BCUT2D eigenvalue weighted by molar-refractivity contribution is -0.126. The lowest BCUT2D eigenvalue weighted by Crippen LogP contribution is -2.45. The molecule has 5 heteroatoms. The van der Waals surface area contributed by atoms with Crippen LogP contribution in [0.3, 0.4) is 0 Å². The molecule has 0 radical (unpaired) electrons. The summed E-state index contributed by atoms with van der Waals surface area (Å²) in [6.45, 7) is 1.57. The monoisotopic (exact) mass is 376 g/mol. The molecule has 1 heterocycles. The molecular formula is C23H24N2O3. The van der Waals surface area contributed by atoms with Crippen LogP contribution >= 0.6 is 0 Å². The lowest BCUT2D eigenvalue weighted by atomic mass is 10.0. The highest BCUT2D eigenvalue weighted by Gasteiger charge is 2.20. The first-order valence-corrected chi connectivity index (χ1v) is 9.29. The molecule has 0 bridgehead atoms. The van der Waals surface area contributed by atoms with E-state index in [-0.39, 0.29) is 24.3 Å². The second kappa shape index (κ2) is 9.67. The van der Waals surface area contributed by atoms with E-state index in [1.165, 1.54) is 6.92 Å². The van der Waals surface area contributed by atoms with E-state index in [0.29, 0.717) is 6.42 Å². The number of Topliss-reactive ketones (excluding diaryl/α,β-unsaturated/α-hetero) is 1. The van der Waals surface area contributed by atoms with E-state index in [1.807, 2.05) is 72.8 Å². The molecule has 5 nitrogen and oxygen atoms in total. The highest BCUT2D eigenvalue weighted by molar-refractivity contribution is 5.88. The van der Waals surface area contributed by atoms with Gasteiger partial charge in [-0.2, -0.15) is 0 Å². The minimum Gasteiger partial charge on any atom is -0.467 e. The molecule has 0 fully saturated rings. The number of hydrogen-bond donors (Lipinski definition) is 2. The predicted octanol–water partition coefficient (Wildman–Crippen LogP) is 3.28. The van der Waals surface area contributed by atoms with Crippen LogP contribution in [0.1, 0.15) is 29.9 Å². The maximum atomic E-state index is 12.5. The highest BCUT2D eigenvalue weighted by atomic mass is 16.3. The van der Waals surface area contributed by atoms with Crippen molar-refractivity contribution in [3.8, 4) is 0 Å². The van der Waals surface area contributed by atoms with E-state index < -0.39 is 6.04 Å². The minimum absolute atomic E-state index is 0.0668. The Balaban J connectivity index is 1.63. The molecule has 144 valence electrons. The first-order valence-electron chi connectivity index (χ1n) is 9.29. The molecule has 0 aliphatic rings. The number of nitrogens with one attached hydrogen (secondary N) is 2. The van der Waals surface area contributed by atoms with Gasteiger partial charge in [0.05, 0.1) is 24.9 Å². The Bertz CT molecular complexity index is 877. The zero-order valence-corrected chi connectivity index (χ0v) is 15.8. The fourth-order valence-corrected chi connectivity index (χ4v) is 3.07. The van der Waals surface area contributed by atoms with Gasteiger partial charge >= 0.3 is 0 Å². The Morgan fingerprint density at radius 2 is 1.61 bits per heavy atom. The summed E-state index contributed by atoms with van der Waals surface area (Å²) in [5, 5.41) is 6.06. The van der Waals surface area contributed by atoms with Crippen molar-refractivity contribution in [1.82, 2.24) is 10.6 Å². The van der Waals surface area contributed by atoms with Gasteiger partial charge in [-0.3, -0.25) is 14.9 Å². The molecule has 2 N–H and O–H groups in total. The maximum Gasteiger partial charge on any atom is 0.234 e. The Kier molecular flexibility index (Phi) is 6.76. The van der Waals surface area contributed by atoms with Gasteiger partial charge in [0.15, 0.2) is 5.78 Å². The van der Waals surface area contributed by atoms with Crippen molar-refractivity contribution >= 4 is 11.7 Å². The van der Waals surface area contributed by atoms with Gasteiger partial charge in [-0.1, -0.05) is 60.7 Å². The van der Waals surface area contributed by atoms with Crippen LogP contribution in [0.25, 0.3) is 0 Å². The normalized spacial score (nSPS) is 12.9. The SMILES string of the molecule is CC(=O)[C@H](Cc1ccccc1)NC(=O)CN[C@@H](c1ccccc1)c1ccco1. The average molecular weight is 376 g/mol. The van der Waals surface area contributed by atoms with Gasteiger partial charge in [0.25, 0.3) is 0 Å². The molecule has 1 amide bonds. The Hall–Kier alpha value is -3.18. The zero-order chi connectivity index (χ0) is 19.8. The van der Waals surface area contributed by atoms with Crippen LogP contribution in [0, 0.1) is 0 Å². The van der Waals surface area contributed by atoms with Crippen LogP contribution in [-0.2, 0) is 16.0 Å². The van der Waals surface area contributed by atoms with Crippen molar-refractivity contribution in [2.45, 2.75) is 25.4 Å². The Morgan fingerprint density at radius 3 is 2.21 bits per heavy atom.